The smallest absolute Gasteiger partial charge is 0.399 e. The van der Waals surface area contributed by atoms with E-state index in [1.54, 1.807) is 9.12 Å². The van der Waals surface area contributed by atoms with Crippen LogP contribution in [0, 0.1) is 0 Å². The van der Waals surface area contributed by atoms with Gasteiger partial charge in [0.25, 0.3) is 0 Å². The molecule has 7 heteroatoms. The average Bonchev–Trinajstić information content (AvgIpc) is 2.88. The Hall–Kier alpha value is -0.245. The SMILES string of the molecule is CC1(C)OB(c2cncc3c2ccn3SI)OC1(C)C. The zero-order chi connectivity index (χ0) is 14.5. The lowest BCUT2D eigenvalue weighted by Gasteiger charge is -2.32. The maximum Gasteiger partial charge on any atom is 0.497 e. The van der Waals surface area contributed by atoms with E-state index in [4.69, 9.17) is 9.31 Å². The minimum absolute atomic E-state index is 0.333. The fourth-order valence-electron chi connectivity index (χ4n) is 2.27. The Morgan fingerprint density at radius 1 is 1.20 bits per heavy atom. The van der Waals surface area contributed by atoms with Crippen LogP contribution in [0.4, 0.5) is 0 Å². The molecule has 0 unspecified atom stereocenters. The summed E-state index contributed by atoms with van der Waals surface area (Å²) in [4.78, 5) is 4.34. The first-order valence-electron chi connectivity index (χ1n) is 6.45. The van der Waals surface area contributed by atoms with E-state index < -0.39 is 0 Å². The van der Waals surface area contributed by atoms with Crippen LogP contribution in [0.15, 0.2) is 24.7 Å². The van der Waals surface area contributed by atoms with E-state index >= 15 is 0 Å². The highest BCUT2D eigenvalue weighted by molar-refractivity contribution is 14.2. The monoisotopic (exact) mass is 402 g/mol. The molecule has 0 atom stereocenters. The minimum atomic E-state index is -0.369. The largest absolute Gasteiger partial charge is 0.497 e. The third-order valence-electron chi connectivity index (χ3n) is 4.19. The molecule has 0 bridgehead atoms. The summed E-state index contributed by atoms with van der Waals surface area (Å²) in [5.41, 5.74) is 1.41. The molecule has 0 amide bonds. The Morgan fingerprint density at radius 2 is 1.85 bits per heavy atom. The second kappa shape index (κ2) is 4.89. The van der Waals surface area contributed by atoms with Crippen molar-refractivity contribution in [1.82, 2.24) is 8.96 Å². The summed E-state index contributed by atoms with van der Waals surface area (Å²) >= 11 is 2.26. The number of hydrogen-bond donors (Lipinski definition) is 0. The van der Waals surface area contributed by atoms with Crippen molar-refractivity contribution < 1.29 is 9.31 Å². The van der Waals surface area contributed by atoms with Gasteiger partial charge in [0.2, 0.25) is 0 Å². The van der Waals surface area contributed by atoms with E-state index in [9.17, 15) is 0 Å². The van der Waals surface area contributed by atoms with Gasteiger partial charge in [-0.3, -0.25) is 8.96 Å². The molecular weight excluding hydrogens is 386 g/mol. The van der Waals surface area contributed by atoms with Gasteiger partial charge in [0.15, 0.2) is 0 Å². The molecule has 1 aliphatic heterocycles. The molecule has 0 aliphatic carbocycles. The lowest BCUT2D eigenvalue weighted by Crippen LogP contribution is -2.41. The number of pyridine rings is 1. The maximum atomic E-state index is 6.12. The van der Waals surface area contributed by atoms with Gasteiger partial charge in [-0.1, -0.05) is 0 Å². The molecule has 1 fully saturated rings. The van der Waals surface area contributed by atoms with E-state index in [0.29, 0.717) is 0 Å². The summed E-state index contributed by atoms with van der Waals surface area (Å²) in [5.74, 6) is 0. The van der Waals surface area contributed by atoms with Crippen LogP contribution >= 0.6 is 30.3 Å². The third kappa shape index (κ3) is 2.19. The van der Waals surface area contributed by atoms with Crippen molar-refractivity contribution in [1.29, 1.82) is 0 Å². The molecule has 2 aromatic rings. The van der Waals surface area contributed by atoms with Crippen molar-refractivity contribution in [3.63, 3.8) is 0 Å². The second-order valence-electron chi connectivity index (χ2n) is 5.96. The van der Waals surface area contributed by atoms with Gasteiger partial charge < -0.3 is 9.31 Å². The highest BCUT2D eigenvalue weighted by Gasteiger charge is 2.52. The van der Waals surface area contributed by atoms with Gasteiger partial charge in [-0.25, -0.2) is 0 Å². The molecule has 4 nitrogen and oxygen atoms in total. The predicted octanol–water partition coefficient (Wildman–Crippen LogP) is 3.18. The summed E-state index contributed by atoms with van der Waals surface area (Å²) < 4.78 is 14.3. The molecule has 0 N–H and O–H groups in total. The quantitative estimate of drug-likeness (QED) is 0.572. The van der Waals surface area contributed by atoms with Crippen molar-refractivity contribution in [3.05, 3.63) is 24.7 Å². The van der Waals surface area contributed by atoms with Crippen LogP contribution in [0.1, 0.15) is 27.7 Å². The summed E-state index contributed by atoms with van der Waals surface area (Å²) in [6, 6.07) is 2.09. The van der Waals surface area contributed by atoms with E-state index in [2.05, 4.69) is 63.9 Å². The molecule has 3 rings (SSSR count). The summed E-state index contributed by atoms with van der Waals surface area (Å²) in [7, 11) is 1.25. The zero-order valence-electron chi connectivity index (χ0n) is 11.9. The van der Waals surface area contributed by atoms with Crippen LogP contribution in [-0.4, -0.2) is 27.3 Å². The van der Waals surface area contributed by atoms with Gasteiger partial charge in [0.1, 0.15) is 0 Å². The van der Waals surface area contributed by atoms with Crippen molar-refractivity contribution in [2.75, 3.05) is 0 Å². The lowest BCUT2D eigenvalue weighted by molar-refractivity contribution is 0.00578. The van der Waals surface area contributed by atoms with Crippen LogP contribution < -0.4 is 5.46 Å². The molecule has 20 heavy (non-hydrogen) atoms. The highest BCUT2D eigenvalue weighted by Crippen LogP contribution is 2.37. The van der Waals surface area contributed by atoms with Gasteiger partial charge in [-0.05, 0) is 33.8 Å². The van der Waals surface area contributed by atoms with Crippen molar-refractivity contribution >= 4 is 53.8 Å². The fourth-order valence-corrected chi connectivity index (χ4v) is 3.63. The molecule has 1 aliphatic rings. The van der Waals surface area contributed by atoms with Crippen molar-refractivity contribution in [2.45, 2.75) is 38.9 Å². The van der Waals surface area contributed by atoms with Gasteiger partial charge in [-0.15, -0.1) is 0 Å². The molecule has 0 saturated carbocycles. The number of fused-ring (bicyclic) bond motifs is 1. The summed E-state index contributed by atoms with van der Waals surface area (Å²) in [6.45, 7) is 8.25. The molecule has 0 aromatic carbocycles. The number of nitrogens with zero attached hydrogens (tertiary/aromatic N) is 2. The third-order valence-corrected chi connectivity index (χ3v) is 5.93. The molecule has 1 saturated heterocycles. The van der Waals surface area contributed by atoms with Crippen LogP contribution in [0.25, 0.3) is 10.9 Å². The van der Waals surface area contributed by atoms with Crippen molar-refractivity contribution in [2.24, 2.45) is 0 Å². The van der Waals surface area contributed by atoms with Gasteiger partial charge in [0.05, 0.1) is 22.9 Å². The van der Waals surface area contributed by atoms with Gasteiger partial charge in [0, 0.05) is 53.6 Å². The van der Waals surface area contributed by atoms with Crippen LogP contribution in [-0.2, 0) is 9.31 Å². The number of hydrogen-bond acceptors (Lipinski definition) is 4. The average molecular weight is 402 g/mol. The first kappa shape index (κ1) is 14.7. The maximum absolute atomic E-state index is 6.12. The first-order valence-corrected chi connectivity index (χ1v) is 9.77. The second-order valence-corrected chi connectivity index (χ2v) is 7.67. The topological polar surface area (TPSA) is 36.3 Å². The van der Waals surface area contributed by atoms with E-state index in [1.165, 1.54) is 0 Å². The lowest BCUT2D eigenvalue weighted by atomic mass is 9.78. The van der Waals surface area contributed by atoms with Crippen LogP contribution in [0.2, 0.25) is 0 Å². The number of aromatic nitrogens is 2. The Morgan fingerprint density at radius 3 is 2.45 bits per heavy atom. The molecule has 0 spiro atoms. The van der Waals surface area contributed by atoms with Crippen LogP contribution in [0.3, 0.4) is 0 Å². The van der Waals surface area contributed by atoms with Gasteiger partial charge in [-0.2, -0.15) is 0 Å². The number of halogens is 1. The Bertz CT molecular complexity index is 643. The first-order chi connectivity index (χ1) is 9.36. The fraction of sp³-hybridized carbons (Fsp3) is 0.462. The molecule has 2 aromatic heterocycles. The Kier molecular flexibility index (Phi) is 3.59. The van der Waals surface area contributed by atoms with E-state index in [1.807, 2.05) is 18.6 Å². The Labute approximate surface area is 135 Å². The zero-order valence-corrected chi connectivity index (χ0v) is 14.9. The van der Waals surface area contributed by atoms with Gasteiger partial charge >= 0.3 is 7.12 Å². The standard InChI is InChI=1S/C13H16BIN2O2S/c1-12(2)13(3,4)19-14(18-12)10-7-16-8-11-9(10)5-6-17(11)20-15/h5-8H,1-4H3. The predicted molar refractivity (Wildman–Crippen MR) is 92.5 cm³/mol. The molecule has 106 valence electrons. The van der Waals surface area contributed by atoms with E-state index in [-0.39, 0.29) is 18.3 Å². The normalized spacial score (nSPS) is 20.8. The van der Waals surface area contributed by atoms with E-state index in [0.717, 1.165) is 16.4 Å². The minimum Gasteiger partial charge on any atom is -0.399 e. The Balaban J connectivity index is 2.06. The highest BCUT2D eigenvalue weighted by atomic mass is 127. The van der Waals surface area contributed by atoms with Crippen molar-refractivity contribution in [3.8, 4) is 0 Å². The summed E-state index contributed by atoms with van der Waals surface area (Å²) in [5, 5.41) is 1.13. The number of rotatable bonds is 2. The van der Waals surface area contributed by atoms with Crippen LogP contribution in [0.5, 0.6) is 0 Å². The molecule has 3 heterocycles. The molecular formula is C13H16BIN2O2S. The molecule has 0 radical (unpaired) electrons. The summed E-state index contributed by atoms with van der Waals surface area (Å²) in [6.07, 6.45) is 5.75.